The highest BCUT2D eigenvalue weighted by molar-refractivity contribution is 5.85. The van der Waals surface area contributed by atoms with Crippen LogP contribution >= 0.6 is 12.4 Å². The quantitative estimate of drug-likeness (QED) is 0.726. The van der Waals surface area contributed by atoms with Crippen molar-refractivity contribution in [3.63, 3.8) is 0 Å². The SMILES string of the molecule is COC(=O)C(C)CNC(=O)[C@@H]1CCC[C@@H]1CN.Cl. The lowest BCUT2D eigenvalue weighted by Crippen LogP contribution is -2.38. The van der Waals surface area contributed by atoms with Gasteiger partial charge in [-0.15, -0.1) is 12.4 Å². The van der Waals surface area contributed by atoms with Crippen molar-refractivity contribution >= 4 is 24.3 Å². The standard InChI is InChI=1S/C12H22N2O3.ClH/c1-8(12(16)17-2)7-14-11(15)10-5-3-4-9(10)6-13;/h8-10H,3-7,13H2,1-2H3,(H,14,15);1H/t8?,9-,10-;/m1./s1. The molecule has 1 aliphatic carbocycles. The third-order valence-electron chi connectivity index (χ3n) is 3.48. The molecule has 6 heteroatoms. The number of carbonyl (C=O) groups is 2. The molecule has 1 rings (SSSR count). The second-order valence-corrected chi connectivity index (χ2v) is 4.70. The third-order valence-corrected chi connectivity index (χ3v) is 3.48. The molecule has 0 aromatic carbocycles. The van der Waals surface area contributed by atoms with Gasteiger partial charge in [-0.05, 0) is 25.3 Å². The van der Waals surface area contributed by atoms with Gasteiger partial charge < -0.3 is 15.8 Å². The highest BCUT2D eigenvalue weighted by Gasteiger charge is 2.32. The Balaban J connectivity index is 0.00000289. The van der Waals surface area contributed by atoms with Crippen LogP contribution < -0.4 is 11.1 Å². The van der Waals surface area contributed by atoms with Crippen LogP contribution in [0.3, 0.4) is 0 Å². The van der Waals surface area contributed by atoms with E-state index in [1.165, 1.54) is 7.11 Å². The molecule has 1 fully saturated rings. The molecule has 0 aromatic heterocycles. The van der Waals surface area contributed by atoms with Gasteiger partial charge in [0.1, 0.15) is 0 Å². The first kappa shape index (κ1) is 17.2. The van der Waals surface area contributed by atoms with Gasteiger partial charge in [0.25, 0.3) is 0 Å². The minimum Gasteiger partial charge on any atom is -0.469 e. The maximum Gasteiger partial charge on any atom is 0.310 e. The molecule has 1 saturated carbocycles. The summed E-state index contributed by atoms with van der Waals surface area (Å²) in [7, 11) is 1.35. The molecule has 1 unspecified atom stereocenters. The van der Waals surface area contributed by atoms with Gasteiger partial charge in [0.15, 0.2) is 0 Å². The molecule has 0 aromatic rings. The highest BCUT2D eigenvalue weighted by Crippen LogP contribution is 2.30. The fourth-order valence-corrected chi connectivity index (χ4v) is 2.33. The second-order valence-electron chi connectivity index (χ2n) is 4.70. The fourth-order valence-electron chi connectivity index (χ4n) is 2.33. The van der Waals surface area contributed by atoms with Gasteiger partial charge in [0.05, 0.1) is 13.0 Å². The largest absolute Gasteiger partial charge is 0.469 e. The number of ether oxygens (including phenoxy) is 1. The molecule has 1 aliphatic rings. The van der Waals surface area contributed by atoms with Gasteiger partial charge in [-0.25, -0.2) is 0 Å². The second kappa shape index (κ2) is 8.32. The molecule has 0 heterocycles. The zero-order valence-corrected chi connectivity index (χ0v) is 11.8. The monoisotopic (exact) mass is 278 g/mol. The summed E-state index contributed by atoms with van der Waals surface area (Å²) in [4.78, 5) is 23.1. The van der Waals surface area contributed by atoms with Crippen LogP contribution in [-0.2, 0) is 14.3 Å². The molecule has 0 radical (unpaired) electrons. The molecule has 0 saturated heterocycles. The molecule has 0 bridgehead atoms. The maximum absolute atomic E-state index is 11.9. The van der Waals surface area contributed by atoms with Crippen LogP contribution in [0.2, 0.25) is 0 Å². The number of halogens is 1. The van der Waals surface area contributed by atoms with E-state index in [1.54, 1.807) is 6.92 Å². The Hall–Kier alpha value is -0.810. The van der Waals surface area contributed by atoms with Crippen LogP contribution in [0.25, 0.3) is 0 Å². The van der Waals surface area contributed by atoms with E-state index in [1.807, 2.05) is 0 Å². The van der Waals surface area contributed by atoms with Gasteiger partial charge in [0.2, 0.25) is 5.91 Å². The summed E-state index contributed by atoms with van der Waals surface area (Å²) in [6.45, 7) is 2.63. The van der Waals surface area contributed by atoms with Crippen LogP contribution in [0.4, 0.5) is 0 Å². The van der Waals surface area contributed by atoms with Gasteiger partial charge in [-0.1, -0.05) is 13.3 Å². The van der Waals surface area contributed by atoms with E-state index in [9.17, 15) is 9.59 Å². The van der Waals surface area contributed by atoms with Gasteiger partial charge in [-0.2, -0.15) is 0 Å². The molecular formula is C12H23ClN2O3. The number of rotatable bonds is 5. The summed E-state index contributed by atoms with van der Waals surface area (Å²) in [6, 6.07) is 0. The van der Waals surface area contributed by atoms with Crippen molar-refractivity contribution in [1.29, 1.82) is 0 Å². The number of nitrogens with one attached hydrogen (secondary N) is 1. The van der Waals surface area contributed by atoms with Crippen LogP contribution in [-0.4, -0.2) is 32.1 Å². The van der Waals surface area contributed by atoms with E-state index in [0.717, 1.165) is 19.3 Å². The highest BCUT2D eigenvalue weighted by atomic mass is 35.5. The fraction of sp³-hybridized carbons (Fsp3) is 0.833. The van der Waals surface area contributed by atoms with E-state index in [2.05, 4.69) is 10.1 Å². The van der Waals surface area contributed by atoms with E-state index in [4.69, 9.17) is 5.73 Å². The summed E-state index contributed by atoms with van der Waals surface area (Å²) in [5, 5.41) is 2.81. The molecule has 3 N–H and O–H groups in total. The van der Waals surface area contributed by atoms with E-state index < -0.39 is 0 Å². The summed E-state index contributed by atoms with van der Waals surface area (Å²) in [5.74, 6) is -0.268. The number of hydrogen-bond donors (Lipinski definition) is 2. The normalized spacial score (nSPS) is 23.9. The van der Waals surface area contributed by atoms with E-state index >= 15 is 0 Å². The molecule has 18 heavy (non-hydrogen) atoms. The third kappa shape index (κ3) is 4.46. The van der Waals surface area contributed by atoms with E-state index in [0.29, 0.717) is 19.0 Å². The average molecular weight is 279 g/mol. The summed E-state index contributed by atoms with van der Waals surface area (Å²) < 4.78 is 4.60. The molecule has 0 aliphatic heterocycles. The lowest BCUT2D eigenvalue weighted by Gasteiger charge is -2.18. The van der Waals surface area contributed by atoms with Crippen molar-refractivity contribution in [2.45, 2.75) is 26.2 Å². The summed E-state index contributed by atoms with van der Waals surface area (Å²) in [6.07, 6.45) is 2.99. The Bertz CT molecular complexity index is 286. The summed E-state index contributed by atoms with van der Waals surface area (Å²) >= 11 is 0. The minimum absolute atomic E-state index is 0. The minimum atomic E-state index is -0.304. The zero-order chi connectivity index (χ0) is 12.8. The number of methoxy groups -OCH3 is 1. The first-order valence-electron chi connectivity index (χ1n) is 6.15. The van der Waals surface area contributed by atoms with Crippen molar-refractivity contribution in [3.8, 4) is 0 Å². The van der Waals surface area contributed by atoms with Crippen LogP contribution in [0, 0.1) is 17.8 Å². The van der Waals surface area contributed by atoms with Crippen LogP contribution in [0.1, 0.15) is 26.2 Å². The average Bonchev–Trinajstić information content (AvgIpc) is 2.82. The molecular weight excluding hydrogens is 256 g/mol. The number of nitrogens with two attached hydrogens (primary N) is 1. The van der Waals surface area contributed by atoms with Gasteiger partial charge in [0, 0.05) is 12.5 Å². The first-order chi connectivity index (χ1) is 8.10. The van der Waals surface area contributed by atoms with E-state index in [-0.39, 0.29) is 36.1 Å². The molecule has 106 valence electrons. The Morgan fingerprint density at radius 3 is 2.67 bits per heavy atom. The topological polar surface area (TPSA) is 81.4 Å². The maximum atomic E-state index is 11.9. The Morgan fingerprint density at radius 1 is 1.44 bits per heavy atom. The van der Waals surface area contributed by atoms with Crippen molar-refractivity contribution in [2.75, 3.05) is 20.2 Å². The Labute approximate surface area is 114 Å². The zero-order valence-electron chi connectivity index (χ0n) is 11.0. The molecule has 1 amide bonds. The van der Waals surface area contributed by atoms with Gasteiger partial charge >= 0.3 is 5.97 Å². The van der Waals surface area contributed by atoms with Crippen molar-refractivity contribution in [3.05, 3.63) is 0 Å². The van der Waals surface area contributed by atoms with Crippen molar-refractivity contribution in [1.82, 2.24) is 5.32 Å². The predicted molar refractivity (Wildman–Crippen MR) is 71.3 cm³/mol. The number of carbonyl (C=O) groups excluding carboxylic acids is 2. The predicted octanol–water partition coefficient (Wildman–Crippen LogP) is 0.708. The van der Waals surface area contributed by atoms with Crippen LogP contribution in [0.5, 0.6) is 0 Å². The molecule has 0 spiro atoms. The van der Waals surface area contributed by atoms with Crippen molar-refractivity contribution in [2.24, 2.45) is 23.5 Å². The van der Waals surface area contributed by atoms with Gasteiger partial charge in [-0.3, -0.25) is 9.59 Å². The first-order valence-corrected chi connectivity index (χ1v) is 6.15. The Kier molecular flexibility index (Phi) is 7.95. The van der Waals surface area contributed by atoms with Crippen molar-refractivity contribution < 1.29 is 14.3 Å². The lowest BCUT2D eigenvalue weighted by molar-refractivity contribution is -0.144. The molecule has 3 atom stereocenters. The number of esters is 1. The number of amides is 1. The Morgan fingerprint density at radius 2 is 2.11 bits per heavy atom. The summed E-state index contributed by atoms with van der Waals surface area (Å²) in [5.41, 5.74) is 5.63. The number of hydrogen-bond acceptors (Lipinski definition) is 4. The smallest absolute Gasteiger partial charge is 0.310 e. The molecule has 5 nitrogen and oxygen atoms in total. The van der Waals surface area contributed by atoms with Crippen LogP contribution in [0.15, 0.2) is 0 Å². The lowest BCUT2D eigenvalue weighted by atomic mass is 9.95.